The molecular formula is C18H24O2. The van der Waals surface area contributed by atoms with Gasteiger partial charge in [-0.3, -0.25) is 4.79 Å². The molecule has 0 radical (unpaired) electrons. The highest BCUT2D eigenvalue weighted by Gasteiger charge is 2.08. The van der Waals surface area contributed by atoms with Gasteiger partial charge in [-0.05, 0) is 18.4 Å². The standard InChI is InChI=1S/C18H24O2/c1-15(2)10-6-4-7-11-16(3)20-18(19)14-17-12-8-5-9-13-17/h4-10,12-13,15-16H,11,14H2,1-3H3/b7-4+,10-6+. The Morgan fingerprint density at radius 2 is 1.85 bits per heavy atom. The fourth-order valence-electron chi connectivity index (χ4n) is 1.71. The maximum atomic E-state index is 11.7. The highest BCUT2D eigenvalue weighted by Crippen LogP contribution is 2.05. The summed E-state index contributed by atoms with van der Waals surface area (Å²) in [6.07, 6.45) is 9.17. The van der Waals surface area contributed by atoms with E-state index in [1.54, 1.807) is 0 Å². The first-order valence-electron chi connectivity index (χ1n) is 7.14. The molecule has 0 fully saturated rings. The molecule has 108 valence electrons. The van der Waals surface area contributed by atoms with Crippen molar-refractivity contribution in [2.45, 2.75) is 39.7 Å². The van der Waals surface area contributed by atoms with Gasteiger partial charge in [-0.2, -0.15) is 0 Å². The highest BCUT2D eigenvalue weighted by atomic mass is 16.5. The summed E-state index contributed by atoms with van der Waals surface area (Å²) in [5.74, 6) is 0.385. The van der Waals surface area contributed by atoms with Crippen molar-refractivity contribution in [2.75, 3.05) is 0 Å². The van der Waals surface area contributed by atoms with Crippen LogP contribution in [-0.2, 0) is 16.0 Å². The Morgan fingerprint density at radius 1 is 1.15 bits per heavy atom. The minimum absolute atomic E-state index is 0.0880. The Bertz CT molecular complexity index is 444. The molecule has 0 saturated carbocycles. The van der Waals surface area contributed by atoms with Crippen LogP contribution < -0.4 is 0 Å². The molecule has 1 rings (SSSR count). The van der Waals surface area contributed by atoms with Crippen molar-refractivity contribution < 1.29 is 9.53 Å². The van der Waals surface area contributed by atoms with E-state index in [0.717, 1.165) is 12.0 Å². The van der Waals surface area contributed by atoms with Crippen LogP contribution in [-0.4, -0.2) is 12.1 Å². The van der Waals surface area contributed by atoms with Gasteiger partial charge in [0.05, 0.1) is 6.42 Å². The van der Waals surface area contributed by atoms with Crippen molar-refractivity contribution in [3.8, 4) is 0 Å². The van der Waals surface area contributed by atoms with E-state index in [1.165, 1.54) is 0 Å². The van der Waals surface area contributed by atoms with Gasteiger partial charge in [-0.25, -0.2) is 0 Å². The van der Waals surface area contributed by atoms with Gasteiger partial charge in [0.1, 0.15) is 6.10 Å². The highest BCUT2D eigenvalue weighted by molar-refractivity contribution is 5.72. The first kappa shape index (κ1) is 16.2. The Labute approximate surface area is 122 Å². The SMILES string of the molecule is CC(C)/C=C/C=C/CC(C)OC(=O)Cc1ccccc1. The molecule has 0 heterocycles. The Kier molecular flexibility index (Phi) is 7.41. The van der Waals surface area contributed by atoms with Gasteiger partial charge in [-0.15, -0.1) is 0 Å². The largest absolute Gasteiger partial charge is 0.462 e. The molecule has 1 aromatic rings. The van der Waals surface area contributed by atoms with Crippen LogP contribution in [0.4, 0.5) is 0 Å². The molecule has 20 heavy (non-hydrogen) atoms. The molecule has 1 atom stereocenters. The number of hydrogen-bond acceptors (Lipinski definition) is 2. The summed E-state index contributed by atoms with van der Waals surface area (Å²) in [7, 11) is 0. The third-order valence-electron chi connectivity index (χ3n) is 2.74. The second-order valence-corrected chi connectivity index (χ2v) is 5.26. The fourth-order valence-corrected chi connectivity index (χ4v) is 1.71. The van der Waals surface area contributed by atoms with E-state index in [4.69, 9.17) is 4.74 Å². The zero-order valence-electron chi connectivity index (χ0n) is 12.6. The number of allylic oxidation sites excluding steroid dienone is 3. The molecule has 0 aliphatic heterocycles. The summed E-state index contributed by atoms with van der Waals surface area (Å²) in [6.45, 7) is 6.19. The quantitative estimate of drug-likeness (QED) is 0.546. The molecule has 0 aromatic heterocycles. The van der Waals surface area contributed by atoms with E-state index < -0.39 is 0 Å². The number of hydrogen-bond donors (Lipinski definition) is 0. The molecular weight excluding hydrogens is 248 g/mol. The molecule has 1 aromatic carbocycles. The van der Waals surface area contributed by atoms with Gasteiger partial charge in [0, 0.05) is 6.42 Å². The lowest BCUT2D eigenvalue weighted by Gasteiger charge is -2.11. The summed E-state index contributed by atoms with van der Waals surface area (Å²) >= 11 is 0. The lowest BCUT2D eigenvalue weighted by Crippen LogP contribution is -2.15. The van der Waals surface area contributed by atoms with Crippen LogP contribution in [0.1, 0.15) is 32.8 Å². The number of rotatable bonds is 7. The second kappa shape index (κ2) is 9.13. The minimum atomic E-state index is -0.171. The van der Waals surface area contributed by atoms with E-state index >= 15 is 0 Å². The molecule has 0 N–H and O–H groups in total. The maximum Gasteiger partial charge on any atom is 0.310 e. The van der Waals surface area contributed by atoms with Crippen molar-refractivity contribution in [2.24, 2.45) is 5.92 Å². The van der Waals surface area contributed by atoms with Crippen molar-refractivity contribution in [1.82, 2.24) is 0 Å². The van der Waals surface area contributed by atoms with Crippen LogP contribution in [0.2, 0.25) is 0 Å². The van der Waals surface area contributed by atoms with Crippen LogP contribution in [0.25, 0.3) is 0 Å². The molecule has 0 aliphatic carbocycles. The first-order valence-corrected chi connectivity index (χ1v) is 7.14. The molecule has 1 unspecified atom stereocenters. The van der Waals surface area contributed by atoms with E-state index in [1.807, 2.05) is 55.5 Å². The molecule has 2 nitrogen and oxygen atoms in total. The second-order valence-electron chi connectivity index (χ2n) is 5.26. The minimum Gasteiger partial charge on any atom is -0.462 e. The van der Waals surface area contributed by atoms with Crippen LogP contribution in [0, 0.1) is 5.92 Å². The van der Waals surface area contributed by atoms with Crippen LogP contribution >= 0.6 is 0 Å². The number of benzene rings is 1. The number of ether oxygens (including phenoxy) is 1. The van der Waals surface area contributed by atoms with Crippen LogP contribution in [0.3, 0.4) is 0 Å². The Hall–Kier alpha value is -1.83. The average molecular weight is 272 g/mol. The summed E-state index contributed by atoms with van der Waals surface area (Å²) in [5, 5.41) is 0. The number of carbonyl (C=O) groups excluding carboxylic acids is 1. The smallest absolute Gasteiger partial charge is 0.310 e. The van der Waals surface area contributed by atoms with Gasteiger partial charge in [0.25, 0.3) is 0 Å². The molecule has 0 spiro atoms. The molecule has 0 amide bonds. The Balaban J connectivity index is 2.28. The van der Waals surface area contributed by atoms with Crippen molar-refractivity contribution in [3.63, 3.8) is 0 Å². The molecule has 0 saturated heterocycles. The summed E-state index contributed by atoms with van der Waals surface area (Å²) in [4.78, 5) is 11.7. The van der Waals surface area contributed by atoms with Gasteiger partial charge in [0.15, 0.2) is 0 Å². The topological polar surface area (TPSA) is 26.3 Å². The third kappa shape index (κ3) is 7.57. The average Bonchev–Trinajstić information content (AvgIpc) is 2.38. The van der Waals surface area contributed by atoms with E-state index in [9.17, 15) is 4.79 Å². The van der Waals surface area contributed by atoms with Gasteiger partial charge in [0.2, 0.25) is 0 Å². The zero-order valence-corrected chi connectivity index (χ0v) is 12.6. The third-order valence-corrected chi connectivity index (χ3v) is 2.74. The summed E-state index contributed by atoms with van der Waals surface area (Å²) < 4.78 is 5.37. The summed E-state index contributed by atoms with van der Waals surface area (Å²) in [6, 6.07) is 9.66. The van der Waals surface area contributed by atoms with E-state index in [0.29, 0.717) is 12.3 Å². The molecule has 2 heteroatoms. The van der Waals surface area contributed by atoms with E-state index in [-0.39, 0.29) is 12.1 Å². The fraction of sp³-hybridized carbons (Fsp3) is 0.389. The van der Waals surface area contributed by atoms with Gasteiger partial charge >= 0.3 is 5.97 Å². The first-order chi connectivity index (χ1) is 9.58. The predicted octanol–water partition coefficient (Wildman–Crippen LogP) is 4.32. The van der Waals surface area contributed by atoms with Crippen molar-refractivity contribution in [1.29, 1.82) is 0 Å². The Morgan fingerprint density at radius 3 is 2.50 bits per heavy atom. The monoisotopic (exact) mass is 272 g/mol. The predicted molar refractivity (Wildman–Crippen MR) is 83.4 cm³/mol. The normalized spacial score (nSPS) is 13.2. The summed E-state index contributed by atoms with van der Waals surface area (Å²) in [5.41, 5.74) is 0.986. The lowest BCUT2D eigenvalue weighted by molar-refractivity contribution is -0.147. The van der Waals surface area contributed by atoms with Crippen LogP contribution in [0.15, 0.2) is 54.6 Å². The molecule has 0 bridgehead atoms. The zero-order chi connectivity index (χ0) is 14.8. The number of carbonyl (C=O) groups is 1. The molecule has 0 aliphatic rings. The van der Waals surface area contributed by atoms with E-state index in [2.05, 4.69) is 19.9 Å². The number of esters is 1. The van der Waals surface area contributed by atoms with Gasteiger partial charge < -0.3 is 4.74 Å². The van der Waals surface area contributed by atoms with Crippen molar-refractivity contribution >= 4 is 5.97 Å². The van der Waals surface area contributed by atoms with Gasteiger partial charge in [-0.1, -0.05) is 68.5 Å². The maximum absolute atomic E-state index is 11.7. The van der Waals surface area contributed by atoms with Crippen LogP contribution in [0.5, 0.6) is 0 Å². The lowest BCUT2D eigenvalue weighted by atomic mass is 10.1. The van der Waals surface area contributed by atoms with Crippen molar-refractivity contribution in [3.05, 3.63) is 60.2 Å².